The summed E-state index contributed by atoms with van der Waals surface area (Å²) in [6.07, 6.45) is -0.0394. The van der Waals surface area contributed by atoms with E-state index in [9.17, 15) is 18.0 Å². The summed E-state index contributed by atoms with van der Waals surface area (Å²) in [6.45, 7) is 1.97. The van der Waals surface area contributed by atoms with Crippen LogP contribution >= 0.6 is 11.6 Å². The van der Waals surface area contributed by atoms with E-state index < -0.39 is 11.8 Å². The number of nitrogens with two attached hydrogens (primary N) is 1. The monoisotopic (exact) mass is 494 g/mol. The Hall–Kier alpha value is -2.71. The van der Waals surface area contributed by atoms with Crippen LogP contribution < -0.4 is 20.8 Å². The van der Waals surface area contributed by atoms with Gasteiger partial charge >= 0.3 is 6.36 Å². The molecule has 1 aliphatic carbocycles. The van der Waals surface area contributed by atoms with E-state index in [4.69, 9.17) is 22.1 Å². The van der Waals surface area contributed by atoms with E-state index in [-0.39, 0.29) is 23.5 Å². The fourth-order valence-electron chi connectivity index (χ4n) is 4.95. The molecule has 34 heavy (non-hydrogen) atoms. The molecule has 1 atom stereocenters. The Morgan fingerprint density at radius 3 is 2.62 bits per heavy atom. The maximum absolute atomic E-state index is 12.8. The fourth-order valence-corrected chi connectivity index (χ4v) is 5.16. The van der Waals surface area contributed by atoms with Gasteiger partial charge in [0.25, 0.3) is 5.56 Å². The van der Waals surface area contributed by atoms with Crippen LogP contribution in [0.2, 0.25) is 5.02 Å². The van der Waals surface area contributed by atoms with Crippen LogP contribution in [0, 0.1) is 0 Å². The highest BCUT2D eigenvalue weighted by molar-refractivity contribution is 6.32. The van der Waals surface area contributed by atoms with Crippen molar-refractivity contribution in [3.63, 3.8) is 0 Å². The summed E-state index contributed by atoms with van der Waals surface area (Å²) >= 11 is 6.39. The zero-order valence-corrected chi connectivity index (χ0v) is 19.4. The van der Waals surface area contributed by atoms with E-state index in [0.29, 0.717) is 48.3 Å². The number of fused-ring (bicyclic) bond motifs is 1. The summed E-state index contributed by atoms with van der Waals surface area (Å²) in [6, 6.07) is 11.0. The lowest BCUT2D eigenvalue weighted by Gasteiger charge is -2.44. The van der Waals surface area contributed by atoms with Gasteiger partial charge in [0.2, 0.25) is 0 Å². The van der Waals surface area contributed by atoms with E-state index in [1.165, 1.54) is 12.1 Å². The number of alkyl halides is 3. The molecular weight excluding hydrogens is 469 g/mol. The molecule has 0 aliphatic heterocycles. The lowest BCUT2D eigenvalue weighted by Crippen LogP contribution is -2.48. The third kappa shape index (κ3) is 5.03. The molecule has 2 aromatic carbocycles. The van der Waals surface area contributed by atoms with Gasteiger partial charge in [0.15, 0.2) is 0 Å². The lowest BCUT2D eigenvalue weighted by atomic mass is 9.64. The molecule has 0 amide bonds. The van der Waals surface area contributed by atoms with Gasteiger partial charge in [-0.15, -0.1) is 13.2 Å². The minimum Gasteiger partial charge on any atom is -0.489 e. The topological polar surface area (TPSA) is 77.3 Å². The van der Waals surface area contributed by atoms with Crippen molar-refractivity contribution in [3.05, 3.63) is 69.6 Å². The molecule has 0 radical (unpaired) electrons. The highest BCUT2D eigenvalue weighted by Crippen LogP contribution is 2.45. The number of aromatic amines is 1. The lowest BCUT2D eigenvalue weighted by molar-refractivity contribution is -0.274. The van der Waals surface area contributed by atoms with Gasteiger partial charge in [-0.05, 0) is 73.4 Å². The summed E-state index contributed by atoms with van der Waals surface area (Å²) in [5.74, 6) is 0.251. The van der Waals surface area contributed by atoms with Gasteiger partial charge in [-0.3, -0.25) is 4.79 Å². The van der Waals surface area contributed by atoms with Crippen molar-refractivity contribution in [3.8, 4) is 11.5 Å². The Labute approximate surface area is 200 Å². The van der Waals surface area contributed by atoms with E-state index in [1.54, 1.807) is 30.5 Å². The van der Waals surface area contributed by atoms with Crippen LogP contribution in [0.1, 0.15) is 44.6 Å². The number of halogens is 4. The number of ether oxygens (including phenoxy) is 2. The maximum atomic E-state index is 12.8. The van der Waals surface area contributed by atoms with Crippen molar-refractivity contribution in [1.29, 1.82) is 0 Å². The summed E-state index contributed by atoms with van der Waals surface area (Å²) < 4.78 is 48.6. The second-order valence-corrected chi connectivity index (χ2v) is 9.15. The number of nitrogens with one attached hydrogen (secondary N) is 1. The number of hydrogen-bond acceptors (Lipinski definition) is 4. The maximum Gasteiger partial charge on any atom is 0.573 e. The first-order valence-electron chi connectivity index (χ1n) is 11.2. The first-order valence-corrected chi connectivity index (χ1v) is 11.6. The SMILES string of the molecule is CC[C@@H](N)[C@]1(c2cccc(OC(F)(F)F)c2)CC[C@@H](Oc2cc3cc[nH]c(=O)c3cc2Cl)CC1. The average molecular weight is 495 g/mol. The molecule has 1 fully saturated rings. The molecule has 182 valence electrons. The smallest absolute Gasteiger partial charge is 0.489 e. The average Bonchev–Trinajstić information content (AvgIpc) is 2.79. The van der Waals surface area contributed by atoms with Crippen LogP contribution in [-0.4, -0.2) is 23.5 Å². The first kappa shape index (κ1) is 24.4. The van der Waals surface area contributed by atoms with E-state index in [1.807, 2.05) is 13.0 Å². The minimum absolute atomic E-state index is 0.135. The molecule has 0 saturated heterocycles. The number of aromatic nitrogens is 1. The molecule has 9 heteroatoms. The van der Waals surface area contributed by atoms with E-state index in [0.717, 1.165) is 10.9 Å². The van der Waals surface area contributed by atoms with Crippen molar-refractivity contribution < 1.29 is 22.6 Å². The fraction of sp³-hybridized carbons (Fsp3) is 0.400. The molecule has 0 spiro atoms. The van der Waals surface area contributed by atoms with Crippen LogP contribution in [0.5, 0.6) is 11.5 Å². The predicted octanol–water partition coefficient (Wildman–Crippen LogP) is 6.08. The van der Waals surface area contributed by atoms with Crippen LogP contribution in [0.15, 0.2) is 53.5 Å². The van der Waals surface area contributed by atoms with Crippen LogP contribution in [0.3, 0.4) is 0 Å². The molecule has 1 saturated carbocycles. The highest BCUT2D eigenvalue weighted by atomic mass is 35.5. The van der Waals surface area contributed by atoms with Gasteiger partial charge < -0.3 is 20.2 Å². The first-order chi connectivity index (χ1) is 16.1. The van der Waals surface area contributed by atoms with Gasteiger partial charge in [0.1, 0.15) is 11.5 Å². The molecule has 5 nitrogen and oxygen atoms in total. The number of benzene rings is 2. The van der Waals surface area contributed by atoms with Crippen molar-refractivity contribution in [1.82, 2.24) is 4.98 Å². The standard InChI is InChI=1S/C25H26ClF3N2O3/c1-2-22(30)24(16-4-3-5-18(13-16)34-25(27,28)29)9-6-17(7-10-24)33-21-12-15-8-11-31-23(32)19(15)14-20(21)26/h3-5,8,11-14,17,22H,2,6-7,9-10,30H2,1H3,(H,31,32)/t17-,22-,24-/m1/s1. The molecule has 1 aliphatic rings. The van der Waals surface area contributed by atoms with Crippen molar-refractivity contribution in [2.45, 2.75) is 63.0 Å². The zero-order valence-electron chi connectivity index (χ0n) is 18.6. The molecule has 1 aromatic heterocycles. The van der Waals surface area contributed by atoms with Gasteiger partial charge in [-0.25, -0.2) is 0 Å². The molecule has 1 heterocycles. The molecular formula is C25H26ClF3N2O3. The number of rotatable bonds is 6. The molecule has 0 unspecified atom stereocenters. The highest BCUT2D eigenvalue weighted by Gasteiger charge is 2.42. The van der Waals surface area contributed by atoms with Crippen LogP contribution in [0.25, 0.3) is 10.8 Å². The van der Waals surface area contributed by atoms with Gasteiger partial charge in [0, 0.05) is 23.0 Å². The Kier molecular flexibility index (Phi) is 6.82. The number of pyridine rings is 1. The summed E-state index contributed by atoms with van der Waals surface area (Å²) in [5, 5.41) is 1.56. The third-order valence-electron chi connectivity index (χ3n) is 6.74. The second-order valence-electron chi connectivity index (χ2n) is 8.74. The van der Waals surface area contributed by atoms with E-state index in [2.05, 4.69) is 9.72 Å². The Balaban J connectivity index is 1.55. The molecule has 3 N–H and O–H groups in total. The Morgan fingerprint density at radius 1 is 1.21 bits per heavy atom. The normalized spacial score (nSPS) is 21.9. The largest absolute Gasteiger partial charge is 0.573 e. The van der Waals surface area contributed by atoms with Crippen molar-refractivity contribution >= 4 is 22.4 Å². The second kappa shape index (κ2) is 9.50. The minimum atomic E-state index is -4.76. The Morgan fingerprint density at radius 2 is 1.94 bits per heavy atom. The summed E-state index contributed by atoms with van der Waals surface area (Å²) in [5.41, 5.74) is 6.56. The van der Waals surface area contributed by atoms with E-state index >= 15 is 0 Å². The van der Waals surface area contributed by atoms with Gasteiger partial charge in [0.05, 0.1) is 11.1 Å². The quantitative estimate of drug-likeness (QED) is 0.435. The van der Waals surface area contributed by atoms with Gasteiger partial charge in [-0.1, -0.05) is 30.7 Å². The van der Waals surface area contributed by atoms with Crippen molar-refractivity contribution in [2.75, 3.05) is 0 Å². The number of hydrogen-bond donors (Lipinski definition) is 2. The third-order valence-corrected chi connectivity index (χ3v) is 7.03. The zero-order chi connectivity index (χ0) is 24.5. The van der Waals surface area contributed by atoms with Crippen LogP contribution in [0.4, 0.5) is 13.2 Å². The summed E-state index contributed by atoms with van der Waals surface area (Å²) in [7, 11) is 0. The molecule has 4 rings (SSSR count). The van der Waals surface area contributed by atoms with Gasteiger partial charge in [-0.2, -0.15) is 0 Å². The predicted molar refractivity (Wildman–Crippen MR) is 126 cm³/mol. The molecule has 3 aromatic rings. The summed E-state index contributed by atoms with van der Waals surface area (Å²) in [4.78, 5) is 14.6. The van der Waals surface area contributed by atoms with Crippen molar-refractivity contribution in [2.24, 2.45) is 5.73 Å². The Bertz CT molecular complexity index is 1220. The van der Waals surface area contributed by atoms with Crippen LogP contribution in [-0.2, 0) is 5.41 Å². The number of H-pyrrole nitrogens is 1. The molecule has 0 bridgehead atoms.